The first-order valence-corrected chi connectivity index (χ1v) is 15.4. The van der Waals surface area contributed by atoms with E-state index >= 15 is 0 Å². The molecule has 2 aliphatic heterocycles. The van der Waals surface area contributed by atoms with Crippen molar-refractivity contribution in [2.45, 2.75) is 74.0 Å². The van der Waals surface area contributed by atoms with Crippen LogP contribution in [0.4, 0.5) is 4.79 Å². The molecule has 1 aromatic carbocycles. The molecule has 0 saturated carbocycles. The molecule has 1 aromatic rings. The summed E-state index contributed by atoms with van der Waals surface area (Å²) in [4.78, 5) is 56.1. The van der Waals surface area contributed by atoms with Gasteiger partial charge < -0.3 is 37.2 Å². The van der Waals surface area contributed by atoms with Crippen LogP contribution < -0.4 is 27.4 Å². The molecular formula is C24H37N6O6PS. The van der Waals surface area contributed by atoms with Crippen LogP contribution in [-0.4, -0.2) is 63.0 Å². The van der Waals surface area contributed by atoms with E-state index in [1.807, 2.05) is 11.8 Å². The minimum absolute atomic E-state index is 0.0367. The van der Waals surface area contributed by atoms with E-state index in [2.05, 4.69) is 16.0 Å². The lowest BCUT2D eigenvalue weighted by molar-refractivity contribution is -0.123. The quantitative estimate of drug-likeness (QED) is 0.0500. The number of Topliss-reactive ketones (excluding diaryl/α,β-unsaturated/α-hetero) is 1. The molecule has 3 rings (SSSR count). The average molecular weight is 569 g/mol. The van der Waals surface area contributed by atoms with Crippen LogP contribution in [-0.2, 0) is 19.4 Å². The molecule has 3 amide bonds. The molecule has 12 nitrogen and oxygen atoms in total. The number of thioether (sulfide) groups is 1. The maximum Gasteiger partial charge on any atom is 0.357 e. The molecule has 0 aromatic heterocycles. The zero-order chi connectivity index (χ0) is 27.9. The van der Waals surface area contributed by atoms with Gasteiger partial charge in [-0.2, -0.15) is 11.8 Å². The summed E-state index contributed by atoms with van der Waals surface area (Å²) in [7, 11) is -5.04. The Morgan fingerprint density at radius 2 is 1.79 bits per heavy atom. The highest BCUT2D eigenvalue weighted by molar-refractivity contribution is 8.00. The van der Waals surface area contributed by atoms with Gasteiger partial charge in [0.25, 0.3) is 0 Å². The van der Waals surface area contributed by atoms with Gasteiger partial charge in [0.05, 0.1) is 12.1 Å². The maximum atomic E-state index is 12.8. The third kappa shape index (κ3) is 7.35. The Balaban J connectivity index is 1.32. The van der Waals surface area contributed by atoms with Crippen molar-refractivity contribution in [2.75, 3.05) is 12.3 Å². The van der Waals surface area contributed by atoms with Crippen molar-refractivity contribution in [1.82, 2.24) is 16.0 Å². The number of unbranched alkanes of at least 4 members (excludes halogenated alkanes) is 3. The van der Waals surface area contributed by atoms with Gasteiger partial charge in [-0.05, 0) is 31.2 Å². The number of ketones is 1. The van der Waals surface area contributed by atoms with Gasteiger partial charge in [-0.3, -0.25) is 19.6 Å². The number of carbonyl (C=O) groups is 3. The molecule has 2 fully saturated rings. The van der Waals surface area contributed by atoms with E-state index in [-0.39, 0.29) is 41.8 Å². The summed E-state index contributed by atoms with van der Waals surface area (Å²) in [6.07, 6.45) is 4.49. The van der Waals surface area contributed by atoms with Crippen LogP contribution in [0.15, 0.2) is 24.3 Å². The zero-order valence-electron chi connectivity index (χ0n) is 21.2. The predicted octanol–water partition coefficient (Wildman–Crippen LogP) is 1.23. The number of amidine groups is 1. The molecule has 10 N–H and O–H groups in total. The number of hydrogen-bond donors (Lipinski definition) is 8. The summed E-state index contributed by atoms with van der Waals surface area (Å²) in [5.41, 5.74) is 11.7. The largest absolute Gasteiger partial charge is 0.384 e. The van der Waals surface area contributed by atoms with Gasteiger partial charge in [0.15, 0.2) is 5.78 Å². The molecule has 4 atom stereocenters. The Bertz CT molecular complexity index is 1080. The second-order valence-corrected chi connectivity index (χ2v) is 12.8. The van der Waals surface area contributed by atoms with Crippen LogP contribution in [0, 0.1) is 5.41 Å². The van der Waals surface area contributed by atoms with Crippen molar-refractivity contribution < 1.29 is 28.7 Å². The van der Waals surface area contributed by atoms with E-state index in [4.69, 9.17) is 16.9 Å². The van der Waals surface area contributed by atoms with Gasteiger partial charge in [-0.15, -0.1) is 0 Å². The zero-order valence-corrected chi connectivity index (χ0v) is 22.9. The summed E-state index contributed by atoms with van der Waals surface area (Å²) in [6, 6.07) is 5.66. The summed E-state index contributed by atoms with van der Waals surface area (Å²) in [6.45, 7) is 0.450. The molecule has 2 saturated heterocycles. The number of nitrogen functional groups attached to an aromatic ring is 1. The van der Waals surface area contributed by atoms with Crippen molar-refractivity contribution in [1.29, 1.82) is 5.41 Å². The molecule has 1 unspecified atom stereocenters. The van der Waals surface area contributed by atoms with Crippen LogP contribution in [0.25, 0.3) is 0 Å². The van der Waals surface area contributed by atoms with E-state index < -0.39 is 18.7 Å². The first-order valence-electron chi connectivity index (χ1n) is 12.7. The van der Waals surface area contributed by atoms with Crippen LogP contribution >= 0.6 is 19.4 Å². The second-order valence-electron chi connectivity index (χ2n) is 9.75. The van der Waals surface area contributed by atoms with Crippen LogP contribution in [0.5, 0.6) is 0 Å². The fourth-order valence-electron chi connectivity index (χ4n) is 4.76. The first kappa shape index (κ1) is 30.1. The van der Waals surface area contributed by atoms with E-state index in [0.29, 0.717) is 43.0 Å². The molecule has 14 heteroatoms. The van der Waals surface area contributed by atoms with Crippen molar-refractivity contribution in [3.8, 4) is 0 Å². The second kappa shape index (κ2) is 13.1. The standard InChI is InChI=1S/C24H37N6O6PS/c25-22(26)15-9-11-16(12-10-15)24(27,37(34,35)36)19(31)7-2-1-5-13-28-20(32)8-4-3-6-18-21-17(14-38-18)29-23(33)30-21/h9-12,17-18,21H,1-8,13-14,27H2,(H3,25,26)(H,28,32)(H2,29,30,33)(H2,34,35,36)/t17-,18-,21-,24?/m0/s1. The third-order valence-electron chi connectivity index (χ3n) is 7.00. The molecule has 0 aliphatic carbocycles. The lowest BCUT2D eigenvalue weighted by Gasteiger charge is -2.29. The number of nitrogens with one attached hydrogen (secondary N) is 4. The first-order chi connectivity index (χ1) is 17.9. The number of nitrogens with two attached hydrogens (primary N) is 2. The van der Waals surface area contributed by atoms with Gasteiger partial charge >= 0.3 is 13.6 Å². The number of fused-ring (bicyclic) bond motifs is 1. The van der Waals surface area contributed by atoms with Gasteiger partial charge in [0, 0.05) is 36.0 Å². The number of urea groups is 1. The van der Waals surface area contributed by atoms with E-state index in [1.54, 1.807) is 0 Å². The summed E-state index contributed by atoms with van der Waals surface area (Å²) < 4.78 is 12.2. The van der Waals surface area contributed by atoms with Gasteiger partial charge in [-0.1, -0.05) is 37.1 Å². The summed E-state index contributed by atoms with van der Waals surface area (Å²) in [5, 5.41) is 14.1. The highest BCUT2D eigenvalue weighted by Gasteiger charge is 2.50. The molecular weight excluding hydrogens is 531 g/mol. The minimum Gasteiger partial charge on any atom is -0.384 e. The molecule has 0 bridgehead atoms. The maximum absolute atomic E-state index is 12.8. The number of hydrogen-bond acceptors (Lipinski definition) is 7. The lowest BCUT2D eigenvalue weighted by atomic mass is 9.97. The van der Waals surface area contributed by atoms with Crippen molar-refractivity contribution in [3.05, 3.63) is 35.4 Å². The highest BCUT2D eigenvalue weighted by Crippen LogP contribution is 2.54. The summed E-state index contributed by atoms with van der Waals surface area (Å²) >= 11 is 1.86. The third-order valence-corrected chi connectivity index (χ3v) is 9.94. The van der Waals surface area contributed by atoms with E-state index in [1.165, 1.54) is 24.3 Å². The van der Waals surface area contributed by atoms with Crippen molar-refractivity contribution in [2.24, 2.45) is 11.5 Å². The molecule has 2 heterocycles. The number of amides is 3. The molecule has 0 radical (unpaired) electrons. The van der Waals surface area contributed by atoms with Crippen molar-refractivity contribution in [3.63, 3.8) is 0 Å². The Kier molecular flexibility index (Phi) is 10.4. The minimum atomic E-state index is -5.04. The predicted molar refractivity (Wildman–Crippen MR) is 146 cm³/mol. The monoisotopic (exact) mass is 568 g/mol. The molecule has 38 heavy (non-hydrogen) atoms. The lowest BCUT2D eigenvalue weighted by Crippen LogP contribution is -2.44. The van der Waals surface area contributed by atoms with Crippen LogP contribution in [0.2, 0.25) is 0 Å². The number of carbonyl (C=O) groups excluding carboxylic acids is 3. The van der Waals surface area contributed by atoms with Crippen LogP contribution in [0.3, 0.4) is 0 Å². The Hall–Kier alpha value is -2.44. The smallest absolute Gasteiger partial charge is 0.357 e. The normalized spacial score (nSPS) is 22.2. The van der Waals surface area contributed by atoms with E-state index in [0.717, 1.165) is 25.0 Å². The van der Waals surface area contributed by atoms with E-state index in [9.17, 15) is 28.7 Å². The SMILES string of the molecule is N=C(N)c1ccc(C(N)(C(=O)CCCCCNC(=O)CCCC[C@@H]2SC[C@@H]3NC(=O)N[C@@H]32)P(=O)(O)O)cc1. The Labute approximate surface area is 226 Å². The van der Waals surface area contributed by atoms with Crippen molar-refractivity contribution >= 4 is 42.9 Å². The number of rotatable bonds is 15. The van der Waals surface area contributed by atoms with Gasteiger partial charge in [-0.25, -0.2) is 4.79 Å². The topological polar surface area (TPSA) is 221 Å². The average Bonchev–Trinajstić information content (AvgIpc) is 3.41. The number of benzene rings is 1. The molecule has 210 valence electrons. The highest BCUT2D eigenvalue weighted by atomic mass is 32.2. The van der Waals surface area contributed by atoms with Crippen LogP contribution in [0.1, 0.15) is 62.5 Å². The Morgan fingerprint density at radius 3 is 2.45 bits per heavy atom. The van der Waals surface area contributed by atoms with Gasteiger partial charge in [0.1, 0.15) is 5.84 Å². The fraction of sp³-hybridized carbons (Fsp3) is 0.583. The fourth-order valence-corrected chi connectivity index (χ4v) is 7.23. The van der Waals surface area contributed by atoms with Gasteiger partial charge in [0.2, 0.25) is 11.2 Å². The molecule has 2 aliphatic rings. The Morgan fingerprint density at radius 1 is 1.11 bits per heavy atom. The molecule has 0 spiro atoms. The summed E-state index contributed by atoms with van der Waals surface area (Å²) in [5.74, 6) is -0.108.